The van der Waals surface area contributed by atoms with Crippen LogP contribution >= 0.6 is 0 Å². The molecule has 1 aromatic rings. The predicted octanol–water partition coefficient (Wildman–Crippen LogP) is 2.42. The van der Waals surface area contributed by atoms with E-state index in [-0.39, 0.29) is 5.56 Å². The number of ether oxygens (including phenoxy) is 1. The number of rotatable bonds is 7. The smallest absolute Gasteiger partial charge is 0.338 e. The number of nitrogens with one attached hydrogen (secondary N) is 1. The molecular weight excluding hydrogens is 246 g/mol. The largest absolute Gasteiger partial charge is 0.478 e. The Bertz CT molecular complexity index is 396. The molecule has 0 radical (unpaired) electrons. The maximum Gasteiger partial charge on any atom is 0.338 e. The third-order valence-electron chi connectivity index (χ3n) is 3.38. The highest BCUT2D eigenvalue weighted by atomic mass is 16.5. The molecule has 5 heteroatoms. The first kappa shape index (κ1) is 14.1. The van der Waals surface area contributed by atoms with E-state index in [0.29, 0.717) is 25.0 Å². The standard InChI is InChI=1S/C14H21NO4/c16-14(17)11-8-13(19-10-11)9-15-6-7-18-12-4-2-1-3-5-12/h8,10,12,15H,1-7,9H2,(H,16,17). The molecule has 0 bridgehead atoms. The van der Waals surface area contributed by atoms with Crippen LogP contribution < -0.4 is 5.32 Å². The highest BCUT2D eigenvalue weighted by Crippen LogP contribution is 2.19. The topological polar surface area (TPSA) is 71.7 Å². The number of carboxylic acid groups (broad SMARTS) is 1. The molecule has 1 aliphatic carbocycles. The minimum atomic E-state index is -0.962. The van der Waals surface area contributed by atoms with Crippen LogP contribution in [0.1, 0.15) is 48.2 Å². The minimum absolute atomic E-state index is 0.190. The summed E-state index contributed by atoms with van der Waals surface area (Å²) in [6, 6.07) is 1.54. The molecule has 1 aromatic heterocycles. The van der Waals surface area contributed by atoms with Crippen LogP contribution in [-0.4, -0.2) is 30.3 Å². The van der Waals surface area contributed by atoms with E-state index in [1.165, 1.54) is 44.4 Å². The second kappa shape index (κ2) is 7.31. The summed E-state index contributed by atoms with van der Waals surface area (Å²) in [5, 5.41) is 11.9. The van der Waals surface area contributed by atoms with Crippen LogP contribution in [0.25, 0.3) is 0 Å². The van der Waals surface area contributed by atoms with E-state index >= 15 is 0 Å². The van der Waals surface area contributed by atoms with E-state index < -0.39 is 5.97 Å². The van der Waals surface area contributed by atoms with Gasteiger partial charge in [-0.05, 0) is 18.9 Å². The molecule has 0 aromatic carbocycles. The molecule has 19 heavy (non-hydrogen) atoms. The third-order valence-corrected chi connectivity index (χ3v) is 3.38. The third kappa shape index (κ3) is 4.69. The van der Waals surface area contributed by atoms with Crippen LogP contribution in [0, 0.1) is 0 Å². The van der Waals surface area contributed by atoms with Gasteiger partial charge in [-0.15, -0.1) is 0 Å². The van der Waals surface area contributed by atoms with E-state index in [9.17, 15) is 4.79 Å². The zero-order valence-corrected chi connectivity index (χ0v) is 11.1. The zero-order valence-electron chi connectivity index (χ0n) is 11.1. The molecule has 0 atom stereocenters. The fourth-order valence-electron chi connectivity index (χ4n) is 2.33. The fraction of sp³-hybridized carbons (Fsp3) is 0.643. The molecule has 1 heterocycles. The van der Waals surface area contributed by atoms with Crippen molar-refractivity contribution in [3.05, 3.63) is 23.7 Å². The monoisotopic (exact) mass is 267 g/mol. The Morgan fingerprint density at radius 2 is 2.21 bits per heavy atom. The summed E-state index contributed by atoms with van der Waals surface area (Å²) in [5.74, 6) is -0.328. The van der Waals surface area contributed by atoms with Crippen molar-refractivity contribution in [2.24, 2.45) is 0 Å². The summed E-state index contributed by atoms with van der Waals surface area (Å²) >= 11 is 0. The Balaban J connectivity index is 1.57. The highest BCUT2D eigenvalue weighted by Gasteiger charge is 2.13. The lowest BCUT2D eigenvalue weighted by atomic mass is 9.98. The van der Waals surface area contributed by atoms with Gasteiger partial charge in [-0.25, -0.2) is 4.79 Å². The zero-order chi connectivity index (χ0) is 13.5. The van der Waals surface area contributed by atoms with Crippen LogP contribution in [0.5, 0.6) is 0 Å². The lowest BCUT2D eigenvalue weighted by molar-refractivity contribution is 0.0301. The Hall–Kier alpha value is -1.33. The lowest BCUT2D eigenvalue weighted by Crippen LogP contribution is -2.24. The first-order chi connectivity index (χ1) is 9.25. The number of carboxylic acids is 1. The van der Waals surface area contributed by atoms with E-state index in [1.807, 2.05) is 0 Å². The molecule has 2 rings (SSSR count). The van der Waals surface area contributed by atoms with Crippen molar-refractivity contribution in [1.29, 1.82) is 0 Å². The number of furan rings is 1. The van der Waals surface area contributed by atoms with Crippen molar-refractivity contribution in [2.75, 3.05) is 13.2 Å². The van der Waals surface area contributed by atoms with Crippen molar-refractivity contribution >= 4 is 5.97 Å². The molecule has 0 saturated heterocycles. The van der Waals surface area contributed by atoms with Crippen LogP contribution in [-0.2, 0) is 11.3 Å². The summed E-state index contributed by atoms with van der Waals surface area (Å²) in [4.78, 5) is 10.7. The molecule has 1 saturated carbocycles. The number of hydrogen-bond donors (Lipinski definition) is 2. The SMILES string of the molecule is O=C(O)c1coc(CNCCOC2CCCCC2)c1. The summed E-state index contributed by atoms with van der Waals surface area (Å²) < 4.78 is 10.9. The van der Waals surface area contributed by atoms with E-state index in [4.69, 9.17) is 14.3 Å². The number of aromatic carboxylic acids is 1. The van der Waals surface area contributed by atoms with E-state index in [2.05, 4.69) is 5.32 Å². The molecule has 1 aliphatic rings. The summed E-state index contributed by atoms with van der Waals surface area (Å²) in [6.45, 7) is 1.97. The van der Waals surface area contributed by atoms with Crippen LogP contribution in [0.3, 0.4) is 0 Å². The summed E-state index contributed by atoms with van der Waals surface area (Å²) in [6.07, 6.45) is 7.95. The maximum absolute atomic E-state index is 10.7. The highest BCUT2D eigenvalue weighted by molar-refractivity contribution is 5.87. The first-order valence-corrected chi connectivity index (χ1v) is 6.89. The Labute approximate surface area is 112 Å². The van der Waals surface area contributed by atoms with Crippen molar-refractivity contribution in [3.63, 3.8) is 0 Å². The first-order valence-electron chi connectivity index (χ1n) is 6.89. The molecule has 106 valence electrons. The average molecular weight is 267 g/mol. The molecule has 5 nitrogen and oxygen atoms in total. The van der Waals surface area contributed by atoms with Gasteiger partial charge in [0.05, 0.1) is 24.8 Å². The van der Waals surface area contributed by atoms with Crippen LogP contribution in [0.4, 0.5) is 0 Å². The van der Waals surface area contributed by atoms with E-state index in [0.717, 1.165) is 6.54 Å². The number of hydrogen-bond acceptors (Lipinski definition) is 4. The van der Waals surface area contributed by atoms with Gasteiger partial charge in [-0.2, -0.15) is 0 Å². The van der Waals surface area contributed by atoms with Crippen molar-refractivity contribution < 1.29 is 19.1 Å². The predicted molar refractivity (Wildman–Crippen MR) is 70.2 cm³/mol. The lowest BCUT2D eigenvalue weighted by Gasteiger charge is -2.21. The molecular formula is C14H21NO4. The Morgan fingerprint density at radius 1 is 1.42 bits per heavy atom. The van der Waals surface area contributed by atoms with Gasteiger partial charge in [0, 0.05) is 6.54 Å². The van der Waals surface area contributed by atoms with Gasteiger partial charge in [-0.1, -0.05) is 19.3 Å². The molecule has 0 spiro atoms. The van der Waals surface area contributed by atoms with Crippen LogP contribution in [0.2, 0.25) is 0 Å². The average Bonchev–Trinajstić information content (AvgIpc) is 2.89. The van der Waals surface area contributed by atoms with Crippen molar-refractivity contribution in [1.82, 2.24) is 5.32 Å². The number of carbonyl (C=O) groups is 1. The van der Waals surface area contributed by atoms with Gasteiger partial charge < -0.3 is 19.6 Å². The summed E-state index contributed by atoms with van der Waals surface area (Å²) in [7, 11) is 0. The van der Waals surface area contributed by atoms with Gasteiger partial charge >= 0.3 is 5.97 Å². The quantitative estimate of drug-likeness (QED) is 0.742. The summed E-state index contributed by atoms with van der Waals surface area (Å²) in [5.41, 5.74) is 0.190. The Kier molecular flexibility index (Phi) is 5.42. The normalized spacial score (nSPS) is 16.6. The van der Waals surface area contributed by atoms with Gasteiger partial charge in [0.15, 0.2) is 0 Å². The molecule has 2 N–H and O–H groups in total. The fourth-order valence-corrected chi connectivity index (χ4v) is 2.33. The van der Waals surface area contributed by atoms with Crippen molar-refractivity contribution in [2.45, 2.75) is 44.8 Å². The minimum Gasteiger partial charge on any atom is -0.478 e. The van der Waals surface area contributed by atoms with Gasteiger partial charge in [0.25, 0.3) is 0 Å². The van der Waals surface area contributed by atoms with Gasteiger partial charge in [-0.3, -0.25) is 0 Å². The van der Waals surface area contributed by atoms with Gasteiger partial charge in [0.2, 0.25) is 0 Å². The van der Waals surface area contributed by atoms with Crippen molar-refractivity contribution in [3.8, 4) is 0 Å². The Morgan fingerprint density at radius 3 is 2.89 bits per heavy atom. The molecule has 0 amide bonds. The van der Waals surface area contributed by atoms with E-state index in [1.54, 1.807) is 0 Å². The van der Waals surface area contributed by atoms with Gasteiger partial charge in [0.1, 0.15) is 12.0 Å². The molecule has 0 aliphatic heterocycles. The second-order valence-corrected chi connectivity index (χ2v) is 4.91. The molecule has 0 unspecified atom stereocenters. The second-order valence-electron chi connectivity index (χ2n) is 4.91. The van der Waals surface area contributed by atoms with Crippen LogP contribution in [0.15, 0.2) is 16.7 Å². The maximum atomic E-state index is 10.7. The molecule has 1 fully saturated rings.